The molecule has 1 aromatic carbocycles. The van der Waals surface area contributed by atoms with Gasteiger partial charge in [-0.1, -0.05) is 17.3 Å². The molecule has 1 unspecified atom stereocenters. The van der Waals surface area contributed by atoms with Gasteiger partial charge in [-0.05, 0) is 52.8 Å². The van der Waals surface area contributed by atoms with Crippen LogP contribution in [-0.4, -0.2) is 65.3 Å². The van der Waals surface area contributed by atoms with E-state index in [-0.39, 0.29) is 12.1 Å². The Morgan fingerprint density at radius 3 is 2.68 bits per heavy atom. The molecule has 0 saturated carbocycles. The second-order valence-corrected chi connectivity index (χ2v) is 9.01. The monoisotopic (exact) mass is 467 g/mol. The van der Waals surface area contributed by atoms with Gasteiger partial charge in [0.05, 0.1) is 17.0 Å². The number of benzene rings is 1. The molecule has 3 N–H and O–H groups in total. The van der Waals surface area contributed by atoms with E-state index in [0.29, 0.717) is 23.9 Å². The topological polar surface area (TPSA) is 115 Å². The summed E-state index contributed by atoms with van der Waals surface area (Å²) in [5, 5.41) is 20.6. The molecule has 34 heavy (non-hydrogen) atoms. The molecule has 1 atom stereocenters. The van der Waals surface area contributed by atoms with Crippen LogP contribution in [-0.2, 0) is 4.74 Å². The standard InChI is InChI=1S/C25H33N5O4/c1-16-23(17(2)34-30-16)21-13-22(29-25(3)8-10-32-11-9-25)28-24(27-21)18-6-5-7-20(12-18)33-15-19(31)14-26-4/h5-7,12-13,19,26,31H,8-11,14-15H2,1-4H3,(H,27,28,29). The molecule has 9 heteroatoms. The highest BCUT2D eigenvalue weighted by atomic mass is 16.5. The highest BCUT2D eigenvalue weighted by Crippen LogP contribution is 2.32. The van der Waals surface area contributed by atoms with E-state index in [1.165, 1.54) is 0 Å². The smallest absolute Gasteiger partial charge is 0.162 e. The molecule has 2 aromatic heterocycles. The summed E-state index contributed by atoms with van der Waals surface area (Å²) in [5.41, 5.74) is 3.09. The molecule has 1 aliphatic rings. The molecule has 1 saturated heterocycles. The van der Waals surface area contributed by atoms with Crippen molar-refractivity contribution < 1.29 is 19.1 Å². The number of nitrogens with one attached hydrogen (secondary N) is 2. The van der Waals surface area contributed by atoms with Crippen molar-refractivity contribution in [3.63, 3.8) is 0 Å². The minimum Gasteiger partial charge on any atom is -0.491 e. The van der Waals surface area contributed by atoms with Crippen LogP contribution in [0.5, 0.6) is 5.75 Å². The number of hydrogen-bond acceptors (Lipinski definition) is 9. The van der Waals surface area contributed by atoms with Gasteiger partial charge in [0.1, 0.15) is 30.0 Å². The molecule has 9 nitrogen and oxygen atoms in total. The first-order valence-corrected chi connectivity index (χ1v) is 11.6. The van der Waals surface area contributed by atoms with Crippen LogP contribution >= 0.6 is 0 Å². The Balaban J connectivity index is 1.69. The van der Waals surface area contributed by atoms with E-state index in [1.807, 2.05) is 44.2 Å². The van der Waals surface area contributed by atoms with E-state index in [9.17, 15) is 5.11 Å². The zero-order valence-electron chi connectivity index (χ0n) is 20.2. The first-order valence-electron chi connectivity index (χ1n) is 11.6. The number of anilines is 1. The summed E-state index contributed by atoms with van der Waals surface area (Å²) in [6, 6.07) is 9.54. The minimum atomic E-state index is -0.594. The Kier molecular flexibility index (Phi) is 7.45. The molecular formula is C25H33N5O4. The number of rotatable bonds is 9. The summed E-state index contributed by atoms with van der Waals surface area (Å²) in [4.78, 5) is 9.71. The molecule has 0 spiro atoms. The molecule has 1 fully saturated rings. The lowest BCUT2D eigenvalue weighted by Crippen LogP contribution is -2.40. The first-order chi connectivity index (χ1) is 16.4. The highest BCUT2D eigenvalue weighted by Gasteiger charge is 2.28. The van der Waals surface area contributed by atoms with E-state index in [1.54, 1.807) is 7.05 Å². The van der Waals surface area contributed by atoms with Gasteiger partial charge in [0.25, 0.3) is 0 Å². The maximum Gasteiger partial charge on any atom is 0.162 e. The molecule has 1 aliphatic heterocycles. The Hall–Kier alpha value is -3.01. The molecule has 0 radical (unpaired) electrons. The average molecular weight is 468 g/mol. The van der Waals surface area contributed by atoms with Crippen molar-refractivity contribution in [2.75, 3.05) is 38.7 Å². The maximum atomic E-state index is 9.96. The molecule has 4 rings (SSSR count). The number of likely N-dealkylation sites (N-methyl/N-ethyl adjacent to an activating group) is 1. The van der Waals surface area contributed by atoms with Crippen LogP contribution in [0.25, 0.3) is 22.6 Å². The SMILES string of the molecule is CNCC(O)COc1cccc(-c2nc(NC3(C)CCOCC3)cc(-c3c(C)noc3C)n2)c1. The number of hydrogen-bond donors (Lipinski definition) is 3. The summed E-state index contributed by atoms with van der Waals surface area (Å²) in [6.07, 6.45) is 1.19. The molecule has 0 amide bonds. The van der Waals surface area contributed by atoms with Crippen LogP contribution in [0.3, 0.4) is 0 Å². The lowest BCUT2D eigenvalue weighted by Gasteiger charge is -2.35. The first kappa shape index (κ1) is 24.1. The van der Waals surface area contributed by atoms with Crippen molar-refractivity contribution in [3.8, 4) is 28.4 Å². The summed E-state index contributed by atoms with van der Waals surface area (Å²) < 4.78 is 16.7. The number of ether oxygens (including phenoxy) is 2. The third-order valence-electron chi connectivity index (χ3n) is 6.02. The second kappa shape index (κ2) is 10.5. The van der Waals surface area contributed by atoms with Gasteiger partial charge in [0, 0.05) is 36.9 Å². The predicted octanol–water partition coefficient (Wildman–Crippen LogP) is 3.36. The fourth-order valence-corrected chi connectivity index (χ4v) is 4.09. The molecule has 3 aromatic rings. The van der Waals surface area contributed by atoms with Crippen LogP contribution in [0.2, 0.25) is 0 Å². The quantitative estimate of drug-likeness (QED) is 0.436. The van der Waals surface area contributed by atoms with Gasteiger partial charge in [-0.25, -0.2) is 9.97 Å². The number of nitrogens with zero attached hydrogens (tertiary/aromatic N) is 3. The van der Waals surface area contributed by atoms with Crippen molar-refractivity contribution >= 4 is 5.82 Å². The second-order valence-electron chi connectivity index (χ2n) is 9.01. The average Bonchev–Trinajstić information content (AvgIpc) is 3.16. The van der Waals surface area contributed by atoms with Gasteiger partial charge in [0.15, 0.2) is 5.82 Å². The van der Waals surface area contributed by atoms with Gasteiger partial charge in [-0.3, -0.25) is 0 Å². The largest absolute Gasteiger partial charge is 0.491 e. The van der Waals surface area contributed by atoms with Crippen molar-refractivity contribution in [2.24, 2.45) is 0 Å². The van der Waals surface area contributed by atoms with E-state index in [4.69, 9.17) is 24.0 Å². The lowest BCUT2D eigenvalue weighted by atomic mass is 9.92. The summed E-state index contributed by atoms with van der Waals surface area (Å²) in [6.45, 7) is 8.07. The van der Waals surface area contributed by atoms with Crippen LogP contribution in [0.1, 0.15) is 31.2 Å². The van der Waals surface area contributed by atoms with Gasteiger partial charge < -0.3 is 29.7 Å². The molecule has 0 aliphatic carbocycles. The van der Waals surface area contributed by atoms with Crippen LogP contribution in [0, 0.1) is 13.8 Å². The number of aryl methyl sites for hydroxylation is 2. The van der Waals surface area contributed by atoms with Gasteiger partial charge in [-0.2, -0.15) is 0 Å². The predicted molar refractivity (Wildman–Crippen MR) is 130 cm³/mol. The molecular weight excluding hydrogens is 434 g/mol. The Labute approximate surface area is 199 Å². The van der Waals surface area contributed by atoms with Crippen molar-refractivity contribution in [1.82, 2.24) is 20.4 Å². The third-order valence-corrected chi connectivity index (χ3v) is 6.02. The molecule has 3 heterocycles. The van der Waals surface area contributed by atoms with E-state index < -0.39 is 6.10 Å². The fourth-order valence-electron chi connectivity index (χ4n) is 4.09. The van der Waals surface area contributed by atoms with E-state index in [0.717, 1.165) is 54.4 Å². The maximum absolute atomic E-state index is 9.96. The molecule has 0 bridgehead atoms. The van der Waals surface area contributed by atoms with Gasteiger partial charge in [0.2, 0.25) is 0 Å². The number of aliphatic hydroxyl groups is 1. The Morgan fingerprint density at radius 2 is 1.97 bits per heavy atom. The fraction of sp³-hybridized carbons (Fsp3) is 0.480. The lowest BCUT2D eigenvalue weighted by molar-refractivity contribution is 0.0657. The Morgan fingerprint density at radius 1 is 1.18 bits per heavy atom. The summed E-state index contributed by atoms with van der Waals surface area (Å²) in [5.74, 6) is 2.66. The van der Waals surface area contributed by atoms with E-state index in [2.05, 4.69) is 22.7 Å². The van der Waals surface area contributed by atoms with Crippen LogP contribution in [0.4, 0.5) is 5.82 Å². The van der Waals surface area contributed by atoms with Crippen molar-refractivity contribution in [1.29, 1.82) is 0 Å². The van der Waals surface area contributed by atoms with Gasteiger partial charge >= 0.3 is 0 Å². The van der Waals surface area contributed by atoms with Crippen LogP contribution < -0.4 is 15.4 Å². The molecule has 182 valence electrons. The van der Waals surface area contributed by atoms with Gasteiger partial charge in [-0.15, -0.1) is 0 Å². The number of aliphatic hydroxyl groups excluding tert-OH is 1. The number of aromatic nitrogens is 3. The van der Waals surface area contributed by atoms with Crippen LogP contribution in [0.15, 0.2) is 34.9 Å². The zero-order chi connectivity index (χ0) is 24.1. The van der Waals surface area contributed by atoms with Crippen molar-refractivity contribution in [2.45, 2.75) is 45.3 Å². The van der Waals surface area contributed by atoms with E-state index >= 15 is 0 Å². The normalized spacial score (nSPS) is 16.3. The third kappa shape index (κ3) is 5.72. The zero-order valence-corrected chi connectivity index (χ0v) is 20.2. The Bertz CT molecular complexity index is 1090. The highest BCUT2D eigenvalue weighted by molar-refractivity contribution is 5.70. The summed E-state index contributed by atoms with van der Waals surface area (Å²) >= 11 is 0. The van der Waals surface area contributed by atoms with Crippen molar-refractivity contribution in [3.05, 3.63) is 41.8 Å². The summed E-state index contributed by atoms with van der Waals surface area (Å²) in [7, 11) is 1.79. The minimum absolute atomic E-state index is 0.117.